The van der Waals surface area contributed by atoms with E-state index < -0.39 is 9.84 Å². The van der Waals surface area contributed by atoms with Gasteiger partial charge in [0.05, 0.1) is 22.1 Å². The Bertz CT molecular complexity index is 1100. The standard InChI is InChI=1S/C21H22ClN3O4S2/c22-15-1-3-16(4-2-15)24-8-10-25(11-9-24)21(27)7-12-31(28,29)17-5-6-19-18(13-17)23-20(26)14-30-19/h1-6,13H,7-12,14H2,(H,23,26). The number of hydrogen-bond acceptors (Lipinski definition) is 6. The maximum absolute atomic E-state index is 12.7. The number of sulfone groups is 1. The van der Waals surface area contributed by atoms with Gasteiger partial charge in [0.25, 0.3) is 0 Å². The van der Waals surface area contributed by atoms with Crippen molar-refractivity contribution in [3.8, 4) is 0 Å². The quantitative estimate of drug-likeness (QED) is 0.709. The average Bonchev–Trinajstić information content (AvgIpc) is 2.77. The number of fused-ring (bicyclic) bond motifs is 1. The largest absolute Gasteiger partial charge is 0.368 e. The summed E-state index contributed by atoms with van der Waals surface area (Å²) in [4.78, 5) is 29.0. The van der Waals surface area contributed by atoms with Crippen LogP contribution in [-0.2, 0) is 19.4 Å². The summed E-state index contributed by atoms with van der Waals surface area (Å²) >= 11 is 7.31. The molecule has 4 rings (SSSR count). The van der Waals surface area contributed by atoms with Crippen molar-refractivity contribution in [3.05, 3.63) is 47.5 Å². The number of piperazine rings is 1. The number of nitrogens with one attached hydrogen (secondary N) is 1. The molecule has 164 valence electrons. The Morgan fingerprint density at radius 1 is 1.06 bits per heavy atom. The number of rotatable bonds is 5. The van der Waals surface area contributed by atoms with Gasteiger partial charge in [-0.1, -0.05) is 11.6 Å². The van der Waals surface area contributed by atoms with Crippen molar-refractivity contribution in [2.45, 2.75) is 16.2 Å². The SMILES string of the molecule is O=C1CSc2ccc(S(=O)(=O)CCC(=O)N3CCN(c4ccc(Cl)cc4)CC3)cc2N1. The number of thioether (sulfide) groups is 1. The molecule has 0 spiro atoms. The van der Waals surface area contributed by atoms with Crippen LogP contribution < -0.4 is 10.2 Å². The van der Waals surface area contributed by atoms with E-state index in [9.17, 15) is 18.0 Å². The third-order valence-corrected chi connectivity index (χ3v) is 8.39. The van der Waals surface area contributed by atoms with Gasteiger partial charge in [0.15, 0.2) is 9.84 Å². The van der Waals surface area contributed by atoms with Crippen molar-refractivity contribution in [2.24, 2.45) is 0 Å². The summed E-state index contributed by atoms with van der Waals surface area (Å²) in [6.45, 7) is 2.46. The Labute approximate surface area is 190 Å². The van der Waals surface area contributed by atoms with Gasteiger partial charge in [-0.25, -0.2) is 8.42 Å². The minimum Gasteiger partial charge on any atom is -0.368 e. The van der Waals surface area contributed by atoms with Gasteiger partial charge >= 0.3 is 0 Å². The van der Waals surface area contributed by atoms with E-state index in [1.807, 2.05) is 24.3 Å². The number of halogens is 1. The molecule has 2 amide bonds. The zero-order valence-electron chi connectivity index (χ0n) is 16.7. The monoisotopic (exact) mass is 479 g/mol. The molecule has 2 aliphatic heterocycles. The summed E-state index contributed by atoms with van der Waals surface area (Å²) < 4.78 is 25.5. The molecule has 0 saturated carbocycles. The maximum atomic E-state index is 12.7. The first kappa shape index (κ1) is 22.0. The third kappa shape index (κ3) is 5.16. The van der Waals surface area contributed by atoms with Crippen LogP contribution in [0.25, 0.3) is 0 Å². The highest BCUT2D eigenvalue weighted by Crippen LogP contribution is 2.33. The zero-order chi connectivity index (χ0) is 22.0. The fourth-order valence-electron chi connectivity index (χ4n) is 3.62. The van der Waals surface area contributed by atoms with E-state index in [0.717, 1.165) is 10.6 Å². The van der Waals surface area contributed by atoms with E-state index in [-0.39, 0.29) is 28.9 Å². The topological polar surface area (TPSA) is 86.8 Å². The Balaban J connectivity index is 1.33. The molecule has 31 heavy (non-hydrogen) atoms. The molecule has 2 aliphatic rings. The predicted molar refractivity (Wildman–Crippen MR) is 123 cm³/mol. The van der Waals surface area contributed by atoms with Crippen LogP contribution in [-0.4, -0.2) is 62.8 Å². The summed E-state index contributed by atoms with van der Waals surface area (Å²) in [6.07, 6.45) is -0.0680. The molecule has 1 N–H and O–H groups in total. The molecule has 2 aromatic rings. The summed E-state index contributed by atoms with van der Waals surface area (Å²) in [6, 6.07) is 12.3. The second-order valence-electron chi connectivity index (χ2n) is 7.41. The molecule has 0 radical (unpaired) electrons. The molecule has 0 aliphatic carbocycles. The smallest absolute Gasteiger partial charge is 0.234 e. The lowest BCUT2D eigenvalue weighted by molar-refractivity contribution is -0.131. The van der Waals surface area contributed by atoms with Gasteiger partial charge in [0, 0.05) is 48.2 Å². The van der Waals surface area contributed by atoms with Gasteiger partial charge in [-0.05, 0) is 42.5 Å². The Kier molecular flexibility index (Phi) is 6.45. The highest BCUT2D eigenvalue weighted by atomic mass is 35.5. The Hall–Kier alpha value is -2.23. The van der Waals surface area contributed by atoms with Gasteiger partial charge in [-0.15, -0.1) is 11.8 Å². The normalized spacial score (nSPS) is 16.6. The van der Waals surface area contributed by atoms with Gasteiger partial charge in [0.1, 0.15) is 0 Å². The van der Waals surface area contributed by atoms with Crippen LogP contribution in [0.4, 0.5) is 11.4 Å². The number of carbonyl (C=O) groups excluding carboxylic acids is 2. The fourth-order valence-corrected chi connectivity index (χ4v) is 5.79. The number of anilines is 2. The minimum atomic E-state index is -3.63. The van der Waals surface area contributed by atoms with Crippen molar-refractivity contribution >= 4 is 56.4 Å². The van der Waals surface area contributed by atoms with Crippen LogP contribution in [0.1, 0.15) is 6.42 Å². The molecule has 10 heteroatoms. The van der Waals surface area contributed by atoms with E-state index in [2.05, 4.69) is 10.2 Å². The molecule has 7 nitrogen and oxygen atoms in total. The summed E-state index contributed by atoms with van der Waals surface area (Å²) in [5.74, 6) is -0.261. The van der Waals surface area contributed by atoms with Gasteiger partial charge < -0.3 is 15.1 Å². The van der Waals surface area contributed by atoms with Crippen molar-refractivity contribution in [1.82, 2.24) is 4.90 Å². The van der Waals surface area contributed by atoms with Gasteiger partial charge in [0.2, 0.25) is 11.8 Å². The van der Waals surface area contributed by atoms with E-state index in [1.54, 1.807) is 11.0 Å². The maximum Gasteiger partial charge on any atom is 0.234 e. The van der Waals surface area contributed by atoms with Crippen LogP contribution >= 0.6 is 23.4 Å². The number of carbonyl (C=O) groups is 2. The summed E-state index contributed by atoms with van der Waals surface area (Å²) in [5, 5.41) is 3.38. The lowest BCUT2D eigenvalue weighted by Gasteiger charge is -2.36. The van der Waals surface area contributed by atoms with Crippen molar-refractivity contribution in [1.29, 1.82) is 0 Å². The molecule has 1 saturated heterocycles. The third-order valence-electron chi connectivity index (χ3n) is 5.35. The van der Waals surface area contributed by atoms with Crippen LogP contribution in [0.5, 0.6) is 0 Å². The highest BCUT2D eigenvalue weighted by Gasteiger charge is 2.25. The average molecular weight is 480 g/mol. The van der Waals surface area contributed by atoms with Crippen molar-refractivity contribution in [2.75, 3.05) is 47.9 Å². The van der Waals surface area contributed by atoms with Gasteiger partial charge in [-0.3, -0.25) is 9.59 Å². The molecule has 2 heterocycles. The number of benzene rings is 2. The summed E-state index contributed by atoms with van der Waals surface area (Å²) in [5.41, 5.74) is 1.56. The molecule has 1 fully saturated rings. The lowest BCUT2D eigenvalue weighted by Crippen LogP contribution is -2.49. The second-order valence-corrected chi connectivity index (χ2v) is 11.0. The van der Waals surface area contributed by atoms with Gasteiger partial charge in [-0.2, -0.15) is 0 Å². The van der Waals surface area contributed by atoms with Crippen LogP contribution in [0.3, 0.4) is 0 Å². The molecule has 0 bridgehead atoms. The van der Waals surface area contributed by atoms with E-state index in [0.29, 0.717) is 42.6 Å². The first-order chi connectivity index (χ1) is 14.8. The molecular formula is C21H22ClN3O4S2. The molecule has 2 aromatic carbocycles. The number of amides is 2. The highest BCUT2D eigenvalue weighted by molar-refractivity contribution is 8.00. The van der Waals surface area contributed by atoms with Crippen LogP contribution in [0, 0.1) is 0 Å². The van der Waals surface area contributed by atoms with Crippen LogP contribution in [0.2, 0.25) is 5.02 Å². The van der Waals surface area contributed by atoms with E-state index in [1.165, 1.54) is 23.9 Å². The lowest BCUT2D eigenvalue weighted by atomic mass is 10.2. The second kappa shape index (κ2) is 9.10. The fraction of sp³-hybridized carbons (Fsp3) is 0.333. The van der Waals surface area contributed by atoms with E-state index >= 15 is 0 Å². The molecule has 0 unspecified atom stereocenters. The van der Waals surface area contributed by atoms with Crippen molar-refractivity contribution < 1.29 is 18.0 Å². The van der Waals surface area contributed by atoms with E-state index in [4.69, 9.17) is 11.6 Å². The number of nitrogens with zero attached hydrogens (tertiary/aromatic N) is 2. The molecule has 0 aromatic heterocycles. The predicted octanol–water partition coefficient (Wildman–Crippen LogP) is 2.90. The van der Waals surface area contributed by atoms with Crippen LogP contribution in [0.15, 0.2) is 52.3 Å². The zero-order valence-corrected chi connectivity index (χ0v) is 19.1. The molecular weight excluding hydrogens is 458 g/mol. The molecule has 0 atom stereocenters. The Morgan fingerprint density at radius 2 is 1.77 bits per heavy atom. The van der Waals surface area contributed by atoms with Crippen molar-refractivity contribution in [3.63, 3.8) is 0 Å². The first-order valence-electron chi connectivity index (χ1n) is 9.89. The Morgan fingerprint density at radius 3 is 2.48 bits per heavy atom. The first-order valence-corrected chi connectivity index (χ1v) is 12.9. The summed E-state index contributed by atoms with van der Waals surface area (Å²) in [7, 11) is -3.63. The number of hydrogen-bond donors (Lipinski definition) is 1. The minimum absolute atomic E-state index is 0.0680.